The summed E-state index contributed by atoms with van der Waals surface area (Å²) in [6.07, 6.45) is 6.02. The van der Waals surface area contributed by atoms with Crippen molar-refractivity contribution in [3.63, 3.8) is 0 Å². The van der Waals surface area contributed by atoms with Gasteiger partial charge in [0.1, 0.15) is 0 Å². The number of nitrogens with one attached hydrogen (secondary N) is 2. The van der Waals surface area contributed by atoms with Gasteiger partial charge in [0, 0.05) is 5.92 Å². The third kappa shape index (κ3) is 1.89. The molecule has 1 aliphatic heterocycles. The van der Waals surface area contributed by atoms with Crippen LogP contribution in [0.5, 0.6) is 0 Å². The Morgan fingerprint density at radius 1 is 1.43 bits per heavy atom. The standard InChI is InChI=1S/C10H17N3O/c1-7-12-13-10(14-7)9-4-2-8(6-11)3-5-9/h6-9,11-12H,2-5H2,1H3. The van der Waals surface area contributed by atoms with Crippen LogP contribution in [0.2, 0.25) is 0 Å². The normalized spacial score (nSPS) is 36.9. The van der Waals surface area contributed by atoms with Crippen molar-refractivity contribution in [2.75, 3.05) is 0 Å². The van der Waals surface area contributed by atoms with Crippen LogP contribution in [0.25, 0.3) is 0 Å². The van der Waals surface area contributed by atoms with Gasteiger partial charge in [-0.25, -0.2) is 0 Å². The second-order valence-electron chi connectivity index (χ2n) is 4.12. The molecule has 14 heavy (non-hydrogen) atoms. The number of hydrazone groups is 1. The Kier molecular flexibility index (Phi) is 2.70. The minimum absolute atomic E-state index is 0.0328. The predicted molar refractivity (Wildman–Crippen MR) is 55.3 cm³/mol. The summed E-state index contributed by atoms with van der Waals surface area (Å²) in [5.74, 6) is 1.84. The van der Waals surface area contributed by atoms with E-state index in [2.05, 4.69) is 10.5 Å². The molecule has 0 bridgehead atoms. The van der Waals surface area contributed by atoms with Crippen LogP contribution in [0.1, 0.15) is 32.6 Å². The first-order chi connectivity index (χ1) is 6.79. The monoisotopic (exact) mass is 195 g/mol. The smallest absolute Gasteiger partial charge is 0.211 e. The number of hydrogen-bond donors (Lipinski definition) is 2. The molecule has 0 aromatic carbocycles. The zero-order valence-electron chi connectivity index (χ0n) is 8.49. The molecular formula is C10H17N3O. The Balaban J connectivity index is 1.86. The van der Waals surface area contributed by atoms with Gasteiger partial charge >= 0.3 is 0 Å². The minimum Gasteiger partial charge on any atom is -0.455 e. The molecule has 2 N–H and O–H groups in total. The fraction of sp³-hybridized carbons (Fsp3) is 0.800. The maximum atomic E-state index is 7.21. The van der Waals surface area contributed by atoms with Crippen LogP contribution in [0.15, 0.2) is 5.10 Å². The topological polar surface area (TPSA) is 57.5 Å². The average molecular weight is 195 g/mol. The Morgan fingerprint density at radius 3 is 2.64 bits per heavy atom. The minimum atomic E-state index is 0.0328. The first kappa shape index (κ1) is 9.49. The molecule has 1 atom stereocenters. The molecular weight excluding hydrogens is 178 g/mol. The van der Waals surface area contributed by atoms with E-state index < -0.39 is 0 Å². The number of ether oxygens (including phenoxy) is 1. The SMILES string of the molecule is CC1NN=C(C2CCC(C=N)CC2)O1. The Labute approximate surface area is 84.2 Å². The Hall–Kier alpha value is -1.06. The highest BCUT2D eigenvalue weighted by Crippen LogP contribution is 2.29. The Morgan fingerprint density at radius 2 is 2.14 bits per heavy atom. The quantitative estimate of drug-likeness (QED) is 0.659. The van der Waals surface area contributed by atoms with Crippen LogP contribution in [-0.2, 0) is 4.74 Å². The number of nitrogens with zero attached hydrogens (tertiary/aromatic N) is 1. The molecule has 1 heterocycles. The summed E-state index contributed by atoms with van der Waals surface area (Å²) >= 11 is 0. The van der Waals surface area contributed by atoms with E-state index in [1.54, 1.807) is 6.21 Å². The highest BCUT2D eigenvalue weighted by atomic mass is 16.5. The van der Waals surface area contributed by atoms with E-state index in [9.17, 15) is 0 Å². The molecule has 4 nitrogen and oxygen atoms in total. The summed E-state index contributed by atoms with van der Waals surface area (Å²) in [5.41, 5.74) is 2.91. The molecule has 4 heteroatoms. The third-order valence-corrected chi connectivity index (χ3v) is 3.01. The third-order valence-electron chi connectivity index (χ3n) is 3.01. The summed E-state index contributed by atoms with van der Waals surface area (Å²) in [6.45, 7) is 1.96. The number of rotatable bonds is 2. The van der Waals surface area contributed by atoms with Gasteiger partial charge in [-0.15, -0.1) is 5.10 Å². The van der Waals surface area contributed by atoms with Crippen molar-refractivity contribution in [3.05, 3.63) is 0 Å². The van der Waals surface area contributed by atoms with Crippen LogP contribution in [0.4, 0.5) is 0 Å². The van der Waals surface area contributed by atoms with Gasteiger partial charge in [-0.3, -0.25) is 5.43 Å². The molecule has 0 aromatic rings. The molecule has 0 amide bonds. The molecule has 1 fully saturated rings. The maximum Gasteiger partial charge on any atom is 0.211 e. The van der Waals surface area contributed by atoms with E-state index in [1.807, 2.05) is 6.92 Å². The van der Waals surface area contributed by atoms with Gasteiger partial charge in [-0.2, -0.15) is 0 Å². The van der Waals surface area contributed by atoms with Crippen molar-refractivity contribution in [2.45, 2.75) is 38.8 Å². The van der Waals surface area contributed by atoms with Crippen LogP contribution in [0.3, 0.4) is 0 Å². The van der Waals surface area contributed by atoms with Gasteiger partial charge in [-0.05, 0) is 44.7 Å². The van der Waals surface area contributed by atoms with Crippen LogP contribution in [0, 0.1) is 17.2 Å². The van der Waals surface area contributed by atoms with E-state index >= 15 is 0 Å². The fourth-order valence-electron chi connectivity index (χ4n) is 2.11. The first-order valence-electron chi connectivity index (χ1n) is 5.30. The summed E-state index contributed by atoms with van der Waals surface area (Å²) in [7, 11) is 0. The molecule has 0 aromatic heterocycles. The summed E-state index contributed by atoms with van der Waals surface area (Å²) in [5, 5.41) is 11.4. The largest absolute Gasteiger partial charge is 0.455 e. The lowest BCUT2D eigenvalue weighted by Gasteiger charge is -2.25. The van der Waals surface area contributed by atoms with E-state index in [4.69, 9.17) is 10.1 Å². The van der Waals surface area contributed by atoms with Gasteiger partial charge < -0.3 is 10.1 Å². The summed E-state index contributed by atoms with van der Waals surface area (Å²) in [4.78, 5) is 0. The second kappa shape index (κ2) is 3.98. The lowest BCUT2D eigenvalue weighted by Crippen LogP contribution is -2.24. The van der Waals surface area contributed by atoms with E-state index in [1.165, 1.54) is 0 Å². The van der Waals surface area contributed by atoms with Gasteiger partial charge in [-0.1, -0.05) is 0 Å². The van der Waals surface area contributed by atoms with Crippen LogP contribution in [-0.4, -0.2) is 18.3 Å². The lowest BCUT2D eigenvalue weighted by molar-refractivity contribution is 0.189. The summed E-state index contributed by atoms with van der Waals surface area (Å²) in [6, 6.07) is 0. The van der Waals surface area contributed by atoms with Gasteiger partial charge in [0.2, 0.25) is 5.90 Å². The van der Waals surface area contributed by atoms with Gasteiger partial charge in [0.15, 0.2) is 6.23 Å². The van der Waals surface area contributed by atoms with Crippen molar-refractivity contribution in [1.82, 2.24) is 5.43 Å². The molecule has 0 spiro atoms. The number of hydrogen-bond acceptors (Lipinski definition) is 4. The van der Waals surface area contributed by atoms with Crippen molar-refractivity contribution in [3.8, 4) is 0 Å². The second-order valence-corrected chi connectivity index (χ2v) is 4.12. The van der Waals surface area contributed by atoms with E-state index in [0.717, 1.165) is 31.6 Å². The van der Waals surface area contributed by atoms with Crippen LogP contribution < -0.4 is 5.43 Å². The molecule has 1 aliphatic carbocycles. The molecule has 78 valence electrons. The van der Waals surface area contributed by atoms with Gasteiger partial charge in [0.05, 0.1) is 0 Å². The van der Waals surface area contributed by atoms with E-state index in [-0.39, 0.29) is 6.23 Å². The van der Waals surface area contributed by atoms with Gasteiger partial charge in [0.25, 0.3) is 0 Å². The maximum absolute atomic E-state index is 7.21. The first-order valence-corrected chi connectivity index (χ1v) is 5.30. The van der Waals surface area contributed by atoms with Crippen molar-refractivity contribution < 1.29 is 4.74 Å². The molecule has 0 saturated heterocycles. The lowest BCUT2D eigenvalue weighted by atomic mass is 9.82. The van der Waals surface area contributed by atoms with Crippen LogP contribution >= 0.6 is 0 Å². The predicted octanol–water partition coefficient (Wildman–Crippen LogP) is 1.72. The van der Waals surface area contributed by atoms with Crippen molar-refractivity contribution >= 4 is 12.1 Å². The zero-order valence-corrected chi connectivity index (χ0v) is 8.49. The fourth-order valence-corrected chi connectivity index (χ4v) is 2.11. The highest BCUT2D eigenvalue weighted by Gasteiger charge is 2.28. The molecule has 2 rings (SSSR count). The molecule has 1 unspecified atom stereocenters. The molecule has 1 saturated carbocycles. The van der Waals surface area contributed by atoms with Crippen molar-refractivity contribution in [1.29, 1.82) is 5.41 Å². The Bertz CT molecular complexity index is 244. The van der Waals surface area contributed by atoms with Crippen molar-refractivity contribution in [2.24, 2.45) is 16.9 Å². The molecule has 0 radical (unpaired) electrons. The average Bonchev–Trinajstić information content (AvgIpc) is 2.65. The summed E-state index contributed by atoms with van der Waals surface area (Å²) < 4.78 is 5.55. The van der Waals surface area contributed by atoms with E-state index in [0.29, 0.717) is 11.8 Å². The highest BCUT2D eigenvalue weighted by molar-refractivity contribution is 5.79. The zero-order chi connectivity index (χ0) is 9.97. The molecule has 2 aliphatic rings.